The maximum absolute atomic E-state index is 12.2. The average molecular weight is 410 g/mol. The van der Waals surface area contributed by atoms with Crippen molar-refractivity contribution in [1.82, 2.24) is 4.72 Å². The second kappa shape index (κ2) is 7.99. The average Bonchev–Trinajstić information content (AvgIpc) is 3.14. The Bertz CT molecular complexity index is 972. The second-order valence-corrected chi connectivity index (χ2v) is 7.73. The highest BCUT2D eigenvalue weighted by atomic mass is 35.5. The van der Waals surface area contributed by atoms with Crippen LogP contribution in [-0.4, -0.2) is 27.7 Å². The van der Waals surface area contributed by atoms with Crippen molar-refractivity contribution in [1.29, 1.82) is 0 Å². The van der Waals surface area contributed by atoms with E-state index in [0.717, 1.165) is 0 Å². The lowest BCUT2D eigenvalue weighted by atomic mass is 10.2. The Morgan fingerprint density at radius 2 is 2.00 bits per heavy atom. The van der Waals surface area contributed by atoms with Gasteiger partial charge in [-0.2, -0.15) is 0 Å². The van der Waals surface area contributed by atoms with E-state index in [1.165, 1.54) is 30.3 Å². The molecule has 142 valence electrons. The number of nitrogens with one attached hydrogen (secondary N) is 1. The van der Waals surface area contributed by atoms with Crippen molar-refractivity contribution in [2.45, 2.75) is 11.5 Å². The van der Waals surface area contributed by atoms with Gasteiger partial charge in [0, 0.05) is 6.54 Å². The van der Waals surface area contributed by atoms with E-state index < -0.39 is 16.0 Å². The van der Waals surface area contributed by atoms with E-state index in [0.29, 0.717) is 22.1 Å². The van der Waals surface area contributed by atoms with Gasteiger partial charge in [-0.05, 0) is 42.0 Å². The van der Waals surface area contributed by atoms with Crippen LogP contribution in [0.1, 0.15) is 15.9 Å². The van der Waals surface area contributed by atoms with E-state index >= 15 is 0 Å². The van der Waals surface area contributed by atoms with Gasteiger partial charge in [-0.25, -0.2) is 17.9 Å². The number of fused-ring (bicyclic) bond motifs is 1. The zero-order valence-corrected chi connectivity index (χ0v) is 15.7. The van der Waals surface area contributed by atoms with Crippen LogP contribution < -0.4 is 14.2 Å². The fourth-order valence-corrected chi connectivity index (χ4v) is 3.64. The molecule has 9 heteroatoms. The van der Waals surface area contributed by atoms with Gasteiger partial charge in [-0.3, -0.25) is 0 Å². The van der Waals surface area contributed by atoms with Gasteiger partial charge in [0.05, 0.1) is 15.5 Å². The maximum Gasteiger partial charge on any atom is 0.338 e. The van der Waals surface area contributed by atoms with E-state index in [4.69, 9.17) is 25.8 Å². The van der Waals surface area contributed by atoms with Crippen LogP contribution in [0.5, 0.6) is 11.5 Å². The first kappa shape index (κ1) is 19.2. The normalized spacial score (nSPS) is 12.6. The molecule has 0 fully saturated rings. The predicted molar refractivity (Wildman–Crippen MR) is 98.5 cm³/mol. The SMILES string of the molecule is C=CCNS(=O)(=O)c1ccc(C(=O)OCc2cc(Cl)c3c(c2)OCO3)cc1. The van der Waals surface area contributed by atoms with Crippen LogP contribution >= 0.6 is 11.6 Å². The summed E-state index contributed by atoms with van der Waals surface area (Å²) in [5.74, 6) is 0.371. The van der Waals surface area contributed by atoms with Gasteiger partial charge in [0.15, 0.2) is 11.5 Å². The summed E-state index contributed by atoms with van der Waals surface area (Å²) in [6, 6.07) is 8.75. The fraction of sp³-hybridized carbons (Fsp3) is 0.167. The van der Waals surface area contributed by atoms with Crippen molar-refractivity contribution in [3.8, 4) is 11.5 Å². The molecule has 2 aromatic rings. The van der Waals surface area contributed by atoms with Crippen LogP contribution in [0.4, 0.5) is 0 Å². The molecular formula is C18H16ClNO6S. The molecule has 0 aliphatic carbocycles. The van der Waals surface area contributed by atoms with Gasteiger partial charge in [-0.1, -0.05) is 17.7 Å². The molecule has 0 saturated heterocycles. The zero-order chi connectivity index (χ0) is 19.4. The Balaban J connectivity index is 1.65. The summed E-state index contributed by atoms with van der Waals surface area (Å²) >= 11 is 6.09. The first-order valence-electron chi connectivity index (χ1n) is 7.86. The number of esters is 1. The third kappa shape index (κ3) is 4.41. The quantitative estimate of drug-likeness (QED) is 0.558. The minimum atomic E-state index is -3.64. The Kier molecular flexibility index (Phi) is 5.69. The van der Waals surface area contributed by atoms with Crippen LogP contribution in [0.2, 0.25) is 5.02 Å². The lowest BCUT2D eigenvalue weighted by Gasteiger charge is -2.08. The number of halogens is 1. The maximum atomic E-state index is 12.2. The number of carbonyl (C=O) groups is 1. The highest BCUT2D eigenvalue weighted by molar-refractivity contribution is 7.89. The van der Waals surface area contributed by atoms with Crippen molar-refractivity contribution in [2.75, 3.05) is 13.3 Å². The summed E-state index contributed by atoms with van der Waals surface area (Å²) in [6.45, 7) is 3.64. The number of hydrogen-bond donors (Lipinski definition) is 1. The topological polar surface area (TPSA) is 90.9 Å². The fourth-order valence-electron chi connectivity index (χ4n) is 2.36. The highest BCUT2D eigenvalue weighted by Crippen LogP contribution is 2.39. The summed E-state index contributed by atoms with van der Waals surface area (Å²) in [5.41, 5.74) is 0.870. The van der Waals surface area contributed by atoms with E-state index in [1.807, 2.05) is 0 Å². The van der Waals surface area contributed by atoms with Crippen molar-refractivity contribution >= 4 is 27.6 Å². The second-order valence-electron chi connectivity index (χ2n) is 5.55. The van der Waals surface area contributed by atoms with Crippen LogP contribution in [0.25, 0.3) is 0 Å². The molecule has 3 rings (SSSR count). The standard InChI is InChI=1S/C18H16ClNO6S/c1-2-7-20-27(22,23)14-5-3-13(4-6-14)18(21)24-10-12-8-15(19)17-16(9-12)25-11-26-17/h2-6,8-9,20H,1,7,10-11H2. The van der Waals surface area contributed by atoms with Gasteiger partial charge in [0.2, 0.25) is 16.8 Å². The molecule has 0 radical (unpaired) electrons. The van der Waals surface area contributed by atoms with Gasteiger partial charge in [0.25, 0.3) is 0 Å². The van der Waals surface area contributed by atoms with E-state index in [9.17, 15) is 13.2 Å². The first-order valence-corrected chi connectivity index (χ1v) is 9.72. The Morgan fingerprint density at radius 3 is 2.70 bits per heavy atom. The molecule has 0 spiro atoms. The molecule has 1 aliphatic rings. The van der Waals surface area contributed by atoms with Crippen LogP contribution in [-0.2, 0) is 21.4 Å². The molecule has 1 heterocycles. The number of hydrogen-bond acceptors (Lipinski definition) is 6. The molecule has 2 aromatic carbocycles. The summed E-state index contributed by atoms with van der Waals surface area (Å²) in [6.07, 6.45) is 1.44. The number of rotatable bonds is 7. The Labute approximate surface area is 161 Å². The van der Waals surface area contributed by atoms with Gasteiger partial charge >= 0.3 is 5.97 Å². The summed E-state index contributed by atoms with van der Waals surface area (Å²) in [7, 11) is -3.64. The molecule has 0 bridgehead atoms. The molecule has 0 saturated carbocycles. The van der Waals surface area contributed by atoms with E-state index in [1.54, 1.807) is 12.1 Å². The largest absolute Gasteiger partial charge is 0.457 e. The van der Waals surface area contributed by atoms with Crippen LogP contribution in [0, 0.1) is 0 Å². The number of ether oxygens (including phenoxy) is 3. The molecule has 0 unspecified atom stereocenters. The van der Waals surface area contributed by atoms with Gasteiger partial charge in [0.1, 0.15) is 6.61 Å². The highest BCUT2D eigenvalue weighted by Gasteiger charge is 2.19. The molecule has 1 aliphatic heterocycles. The Hall–Kier alpha value is -2.55. The van der Waals surface area contributed by atoms with E-state index in [2.05, 4.69) is 11.3 Å². The lowest BCUT2D eigenvalue weighted by molar-refractivity contribution is 0.0472. The minimum absolute atomic E-state index is 0.0177. The first-order chi connectivity index (χ1) is 12.9. The molecule has 1 N–H and O–H groups in total. The predicted octanol–water partition coefficient (Wildman–Crippen LogP) is 2.89. The smallest absolute Gasteiger partial charge is 0.338 e. The Morgan fingerprint density at radius 1 is 1.26 bits per heavy atom. The van der Waals surface area contributed by atoms with Crippen molar-refractivity contribution < 1.29 is 27.4 Å². The summed E-state index contributed by atoms with van der Waals surface area (Å²) in [4.78, 5) is 12.2. The molecule has 0 amide bonds. The molecule has 0 aromatic heterocycles. The van der Waals surface area contributed by atoms with Gasteiger partial charge < -0.3 is 14.2 Å². The van der Waals surface area contributed by atoms with Crippen molar-refractivity contribution in [3.63, 3.8) is 0 Å². The third-order valence-corrected chi connectivity index (χ3v) is 5.40. The monoisotopic (exact) mass is 409 g/mol. The van der Waals surface area contributed by atoms with Gasteiger partial charge in [-0.15, -0.1) is 6.58 Å². The minimum Gasteiger partial charge on any atom is -0.457 e. The zero-order valence-electron chi connectivity index (χ0n) is 14.1. The molecule has 27 heavy (non-hydrogen) atoms. The summed E-state index contributed by atoms with van der Waals surface area (Å²) in [5, 5.41) is 0.373. The van der Waals surface area contributed by atoms with Crippen molar-refractivity contribution in [2.24, 2.45) is 0 Å². The molecule has 7 nitrogen and oxygen atoms in total. The van der Waals surface area contributed by atoms with Crippen molar-refractivity contribution in [3.05, 3.63) is 65.2 Å². The number of benzene rings is 2. The lowest BCUT2D eigenvalue weighted by Crippen LogP contribution is -2.23. The number of sulfonamides is 1. The van der Waals surface area contributed by atoms with E-state index in [-0.39, 0.29) is 30.4 Å². The van der Waals surface area contributed by atoms with Crippen LogP contribution in [0.3, 0.4) is 0 Å². The molecule has 0 atom stereocenters. The number of carbonyl (C=O) groups excluding carboxylic acids is 1. The van der Waals surface area contributed by atoms with Crippen LogP contribution in [0.15, 0.2) is 53.9 Å². The summed E-state index contributed by atoms with van der Waals surface area (Å²) < 4.78 is 42.1. The third-order valence-electron chi connectivity index (χ3n) is 3.67. The molecular weight excluding hydrogens is 394 g/mol.